The van der Waals surface area contributed by atoms with E-state index in [9.17, 15) is 4.79 Å². The van der Waals surface area contributed by atoms with E-state index in [0.29, 0.717) is 16.9 Å². The summed E-state index contributed by atoms with van der Waals surface area (Å²) in [5, 5.41) is 11.6. The average molecular weight is 360 g/mol. The normalized spacial score (nSPS) is 13.4. The molecule has 136 valence electrons. The molecule has 1 aliphatic heterocycles. The highest BCUT2D eigenvalue weighted by Crippen LogP contribution is 2.41. The maximum absolute atomic E-state index is 12.0. The van der Waals surface area contributed by atoms with Gasteiger partial charge in [-0.3, -0.25) is 4.79 Å². The third-order valence-corrected chi connectivity index (χ3v) is 4.07. The van der Waals surface area contributed by atoms with Crippen molar-refractivity contribution in [3.63, 3.8) is 0 Å². The number of rotatable bonds is 4. The second-order valence-corrected chi connectivity index (χ2v) is 6.80. The third-order valence-electron chi connectivity index (χ3n) is 4.07. The summed E-state index contributed by atoms with van der Waals surface area (Å²) in [5.41, 5.74) is 1.80. The Labute approximate surface area is 158 Å². The van der Waals surface area contributed by atoms with E-state index in [-0.39, 0.29) is 24.7 Å². The van der Waals surface area contributed by atoms with Crippen LogP contribution in [0.3, 0.4) is 0 Å². The highest BCUT2D eigenvalue weighted by Gasteiger charge is 2.32. The molecule has 3 rings (SSSR count). The van der Waals surface area contributed by atoms with Crippen LogP contribution in [0.5, 0.6) is 11.5 Å². The van der Waals surface area contributed by atoms with Gasteiger partial charge in [0.25, 0.3) is 5.91 Å². The first-order valence-electron chi connectivity index (χ1n) is 8.66. The summed E-state index contributed by atoms with van der Waals surface area (Å²) in [6.45, 7) is 4.51. The lowest BCUT2D eigenvalue weighted by molar-refractivity contribution is 0.0958. The summed E-state index contributed by atoms with van der Waals surface area (Å²) >= 11 is 0. The number of nitrogens with one attached hydrogen (secondary N) is 1. The van der Waals surface area contributed by atoms with Crippen molar-refractivity contribution in [3.05, 3.63) is 59.2 Å². The first kappa shape index (κ1) is 18.4. The minimum Gasteiger partial charge on any atom is -0.483 e. The summed E-state index contributed by atoms with van der Waals surface area (Å²) in [4.78, 5) is 12.0. The van der Waals surface area contributed by atoms with Crippen LogP contribution < -0.4 is 14.8 Å². The SMILES string of the molecule is CC1(C)Cc2cccc(OCC#CCNC(=O)c3cccc(C#N)c3)c2O1. The fraction of sp³-hybridized carbons (Fsp3) is 0.273. The molecule has 0 aromatic heterocycles. The van der Waals surface area contributed by atoms with Gasteiger partial charge in [-0.25, -0.2) is 0 Å². The molecule has 0 radical (unpaired) electrons. The molecule has 0 atom stereocenters. The number of ether oxygens (including phenoxy) is 2. The molecule has 27 heavy (non-hydrogen) atoms. The van der Waals surface area contributed by atoms with Gasteiger partial charge >= 0.3 is 0 Å². The number of fused-ring (bicyclic) bond motifs is 1. The van der Waals surface area contributed by atoms with E-state index in [1.807, 2.05) is 38.1 Å². The average Bonchev–Trinajstić information content (AvgIpc) is 2.99. The summed E-state index contributed by atoms with van der Waals surface area (Å²) in [7, 11) is 0. The minimum atomic E-state index is -0.265. The molecule has 0 bridgehead atoms. The number of carbonyl (C=O) groups is 1. The predicted octanol–water partition coefficient (Wildman–Crippen LogP) is 3.08. The molecule has 1 aliphatic rings. The number of benzene rings is 2. The van der Waals surface area contributed by atoms with Gasteiger partial charge in [0, 0.05) is 17.5 Å². The molecule has 0 saturated heterocycles. The van der Waals surface area contributed by atoms with Gasteiger partial charge in [-0.1, -0.05) is 30.0 Å². The van der Waals surface area contributed by atoms with Crippen LogP contribution in [0.2, 0.25) is 0 Å². The van der Waals surface area contributed by atoms with E-state index in [1.165, 1.54) is 0 Å². The quantitative estimate of drug-likeness (QED) is 0.851. The molecule has 0 fully saturated rings. The Bertz CT molecular complexity index is 961. The van der Waals surface area contributed by atoms with Crippen molar-refractivity contribution < 1.29 is 14.3 Å². The Balaban J connectivity index is 1.49. The summed E-state index contributed by atoms with van der Waals surface area (Å²) in [5.74, 6) is 6.94. The molecule has 0 spiro atoms. The van der Waals surface area contributed by atoms with Crippen molar-refractivity contribution in [2.75, 3.05) is 13.2 Å². The summed E-state index contributed by atoms with van der Waals surface area (Å²) in [6, 6.07) is 14.4. The molecule has 1 amide bonds. The number of carbonyl (C=O) groups excluding carboxylic acids is 1. The fourth-order valence-electron chi connectivity index (χ4n) is 2.88. The van der Waals surface area contributed by atoms with E-state index in [0.717, 1.165) is 17.7 Å². The van der Waals surface area contributed by atoms with Gasteiger partial charge < -0.3 is 14.8 Å². The Morgan fingerprint density at radius 3 is 2.89 bits per heavy atom. The minimum absolute atomic E-state index is 0.204. The molecule has 2 aromatic rings. The number of hydrogen-bond acceptors (Lipinski definition) is 4. The molecular weight excluding hydrogens is 340 g/mol. The van der Waals surface area contributed by atoms with Crippen molar-refractivity contribution in [1.29, 1.82) is 5.26 Å². The molecule has 0 saturated carbocycles. The maximum atomic E-state index is 12.0. The third kappa shape index (κ3) is 4.59. The largest absolute Gasteiger partial charge is 0.483 e. The van der Waals surface area contributed by atoms with Crippen LogP contribution in [-0.2, 0) is 6.42 Å². The second kappa shape index (κ2) is 7.85. The molecule has 1 heterocycles. The van der Waals surface area contributed by atoms with Crippen LogP contribution in [-0.4, -0.2) is 24.7 Å². The number of para-hydroxylation sites is 1. The highest BCUT2D eigenvalue weighted by atomic mass is 16.5. The van der Waals surface area contributed by atoms with E-state index >= 15 is 0 Å². The molecule has 1 N–H and O–H groups in total. The monoisotopic (exact) mass is 360 g/mol. The van der Waals surface area contributed by atoms with Crippen molar-refractivity contribution in [3.8, 4) is 29.4 Å². The van der Waals surface area contributed by atoms with Gasteiger partial charge in [-0.2, -0.15) is 5.26 Å². The lowest BCUT2D eigenvalue weighted by Gasteiger charge is -2.17. The van der Waals surface area contributed by atoms with Gasteiger partial charge in [0.15, 0.2) is 11.5 Å². The van der Waals surface area contributed by atoms with Gasteiger partial charge in [0.2, 0.25) is 0 Å². The number of nitriles is 1. The summed E-state index contributed by atoms with van der Waals surface area (Å²) in [6.07, 6.45) is 0.851. The van der Waals surface area contributed by atoms with Crippen molar-refractivity contribution in [2.45, 2.75) is 25.9 Å². The van der Waals surface area contributed by atoms with Crippen molar-refractivity contribution >= 4 is 5.91 Å². The Morgan fingerprint density at radius 2 is 2.07 bits per heavy atom. The zero-order valence-corrected chi connectivity index (χ0v) is 15.3. The van der Waals surface area contributed by atoms with E-state index in [4.69, 9.17) is 14.7 Å². The second-order valence-electron chi connectivity index (χ2n) is 6.80. The van der Waals surface area contributed by atoms with Crippen LogP contribution >= 0.6 is 0 Å². The van der Waals surface area contributed by atoms with Crippen LogP contribution in [0.25, 0.3) is 0 Å². The Morgan fingerprint density at radius 1 is 1.26 bits per heavy atom. The molecule has 0 aliphatic carbocycles. The van der Waals surface area contributed by atoms with E-state index in [2.05, 4.69) is 17.2 Å². The first-order chi connectivity index (χ1) is 13.0. The zero-order chi connectivity index (χ0) is 19.3. The first-order valence-corrected chi connectivity index (χ1v) is 8.66. The zero-order valence-electron chi connectivity index (χ0n) is 15.3. The molecule has 5 nitrogen and oxygen atoms in total. The number of nitrogens with zero attached hydrogens (tertiary/aromatic N) is 1. The molecular formula is C22H20N2O3. The lowest BCUT2D eigenvalue weighted by Crippen LogP contribution is -2.24. The van der Waals surface area contributed by atoms with E-state index in [1.54, 1.807) is 24.3 Å². The summed E-state index contributed by atoms with van der Waals surface area (Å²) < 4.78 is 11.7. The Hall–Kier alpha value is -3.44. The van der Waals surface area contributed by atoms with Gasteiger partial charge in [-0.15, -0.1) is 0 Å². The van der Waals surface area contributed by atoms with Crippen LogP contribution in [0, 0.1) is 23.2 Å². The fourth-order valence-corrected chi connectivity index (χ4v) is 2.88. The highest BCUT2D eigenvalue weighted by molar-refractivity contribution is 5.94. The topological polar surface area (TPSA) is 71.3 Å². The van der Waals surface area contributed by atoms with Crippen LogP contribution in [0.1, 0.15) is 35.3 Å². The standard InChI is InChI=1S/C22H20N2O3/c1-22(2)14-18-9-6-10-19(20(18)27-22)26-12-4-3-11-24-21(25)17-8-5-7-16(13-17)15-23/h5-10,13H,11-12,14H2,1-2H3,(H,24,25). The number of hydrogen-bond donors (Lipinski definition) is 1. The van der Waals surface area contributed by atoms with Crippen LogP contribution in [0.4, 0.5) is 0 Å². The van der Waals surface area contributed by atoms with Gasteiger partial charge in [-0.05, 0) is 38.1 Å². The number of amides is 1. The van der Waals surface area contributed by atoms with Gasteiger partial charge in [0.1, 0.15) is 12.2 Å². The van der Waals surface area contributed by atoms with Crippen molar-refractivity contribution in [1.82, 2.24) is 5.32 Å². The molecule has 0 unspecified atom stereocenters. The maximum Gasteiger partial charge on any atom is 0.252 e. The lowest BCUT2D eigenvalue weighted by atomic mass is 10.0. The Kier molecular flexibility index (Phi) is 5.33. The van der Waals surface area contributed by atoms with E-state index < -0.39 is 0 Å². The molecule has 5 heteroatoms. The molecule has 2 aromatic carbocycles. The predicted molar refractivity (Wildman–Crippen MR) is 102 cm³/mol. The van der Waals surface area contributed by atoms with Gasteiger partial charge in [0.05, 0.1) is 18.2 Å². The van der Waals surface area contributed by atoms with Crippen LogP contribution in [0.15, 0.2) is 42.5 Å². The van der Waals surface area contributed by atoms with Crippen molar-refractivity contribution in [2.24, 2.45) is 0 Å². The smallest absolute Gasteiger partial charge is 0.252 e.